The number of methoxy groups -OCH3 is 1. The Morgan fingerprint density at radius 2 is 2.06 bits per heavy atom. The van der Waals surface area contributed by atoms with Gasteiger partial charge in [0.1, 0.15) is 5.75 Å². The molecule has 88 valence electrons. The zero-order valence-corrected chi connectivity index (χ0v) is 10.0. The van der Waals surface area contributed by atoms with Gasteiger partial charge in [0.15, 0.2) is 0 Å². The highest BCUT2D eigenvalue weighted by Gasteiger charge is 2.18. The molecule has 0 fully saturated rings. The maximum atomic E-state index is 11.8. The average Bonchev–Trinajstić information content (AvgIpc) is 2.78. The van der Waals surface area contributed by atoms with Gasteiger partial charge in [-0.05, 0) is 17.7 Å². The lowest BCUT2D eigenvalue weighted by atomic mass is 10.1. The molecule has 5 heteroatoms. The molecule has 2 N–H and O–H groups in total. The van der Waals surface area contributed by atoms with E-state index in [1.807, 2.05) is 6.07 Å². The molecule has 0 aliphatic carbocycles. The van der Waals surface area contributed by atoms with E-state index in [-0.39, 0.29) is 5.56 Å². The third-order valence-corrected chi connectivity index (χ3v) is 3.40. The van der Waals surface area contributed by atoms with Crippen molar-refractivity contribution in [1.29, 1.82) is 0 Å². The minimum Gasteiger partial charge on any atom is -0.495 e. The molecule has 0 saturated heterocycles. The van der Waals surface area contributed by atoms with Gasteiger partial charge in [-0.2, -0.15) is 0 Å². The molecule has 17 heavy (non-hydrogen) atoms. The topological polar surface area (TPSA) is 54.1 Å². The van der Waals surface area contributed by atoms with Gasteiger partial charge in [-0.1, -0.05) is 11.6 Å². The second-order valence-corrected chi connectivity index (χ2v) is 4.45. The van der Waals surface area contributed by atoms with Crippen LogP contribution in [0.4, 0.5) is 0 Å². The quantitative estimate of drug-likeness (QED) is 0.811. The number of halogens is 1. The molecule has 0 radical (unpaired) electrons. The summed E-state index contributed by atoms with van der Waals surface area (Å²) in [6.07, 6.45) is 0. The largest absolute Gasteiger partial charge is 0.495 e. The zero-order chi connectivity index (χ0) is 12.0. The fraction of sp³-hybridized carbons (Fsp3) is 0.250. The monoisotopic (exact) mass is 250 g/mol. The Labute approximate surface area is 103 Å². The number of hydrogen-bond donors (Lipinski definition) is 2. The van der Waals surface area contributed by atoms with Gasteiger partial charge in [0, 0.05) is 24.0 Å². The molecule has 0 saturated carbocycles. The molecule has 0 bridgehead atoms. The predicted octanol–water partition coefficient (Wildman–Crippen LogP) is 1.79. The number of H-pyrrole nitrogens is 1. The van der Waals surface area contributed by atoms with Crippen molar-refractivity contribution in [2.24, 2.45) is 0 Å². The van der Waals surface area contributed by atoms with Gasteiger partial charge in [-0.15, -0.1) is 0 Å². The zero-order valence-electron chi connectivity index (χ0n) is 9.26. The first-order chi connectivity index (χ1) is 8.20. The van der Waals surface area contributed by atoms with Gasteiger partial charge < -0.3 is 15.0 Å². The molecule has 1 aliphatic heterocycles. The smallest absolute Gasteiger partial charge is 0.253 e. The lowest BCUT2D eigenvalue weighted by Gasteiger charge is -2.08. The van der Waals surface area contributed by atoms with Crippen LogP contribution in [0.5, 0.6) is 5.75 Å². The summed E-state index contributed by atoms with van der Waals surface area (Å²) in [7, 11) is 1.58. The van der Waals surface area contributed by atoms with E-state index >= 15 is 0 Å². The van der Waals surface area contributed by atoms with Gasteiger partial charge in [-0.3, -0.25) is 4.79 Å². The van der Waals surface area contributed by atoms with Crippen LogP contribution < -0.4 is 15.6 Å². The minimum atomic E-state index is -0.0428. The number of nitrogens with one attached hydrogen (secondary N) is 2. The summed E-state index contributed by atoms with van der Waals surface area (Å²) in [5, 5.41) is 4.67. The van der Waals surface area contributed by atoms with Crippen molar-refractivity contribution >= 4 is 22.5 Å². The van der Waals surface area contributed by atoms with E-state index in [1.54, 1.807) is 13.2 Å². The summed E-state index contributed by atoms with van der Waals surface area (Å²) < 4.78 is 5.20. The highest BCUT2D eigenvalue weighted by atomic mass is 35.5. The Morgan fingerprint density at radius 1 is 1.29 bits per heavy atom. The molecule has 1 aliphatic rings. The van der Waals surface area contributed by atoms with E-state index in [9.17, 15) is 4.79 Å². The average molecular weight is 251 g/mol. The molecule has 0 unspecified atom stereocenters. The number of aromatic amines is 1. The molecular weight excluding hydrogens is 240 g/mol. The number of aromatic nitrogens is 1. The van der Waals surface area contributed by atoms with Crippen LogP contribution in [0, 0.1) is 0 Å². The lowest BCUT2D eigenvalue weighted by Crippen LogP contribution is -2.13. The number of benzene rings is 1. The summed E-state index contributed by atoms with van der Waals surface area (Å²) in [4.78, 5) is 14.7. The van der Waals surface area contributed by atoms with Crippen LogP contribution in [-0.4, -0.2) is 12.1 Å². The minimum absolute atomic E-state index is 0.0428. The second kappa shape index (κ2) is 3.75. The maximum Gasteiger partial charge on any atom is 0.253 e. The highest BCUT2D eigenvalue weighted by molar-refractivity contribution is 6.32. The Morgan fingerprint density at radius 3 is 2.82 bits per heavy atom. The highest BCUT2D eigenvalue weighted by Crippen LogP contribution is 2.31. The fourth-order valence-corrected chi connectivity index (χ4v) is 2.50. The molecule has 0 spiro atoms. The van der Waals surface area contributed by atoms with Crippen molar-refractivity contribution in [3.8, 4) is 5.75 Å². The van der Waals surface area contributed by atoms with Gasteiger partial charge in [0.2, 0.25) is 0 Å². The lowest BCUT2D eigenvalue weighted by molar-refractivity contribution is 0.415. The number of ether oxygens (including phenoxy) is 1. The van der Waals surface area contributed by atoms with E-state index in [1.165, 1.54) is 0 Å². The first-order valence-electron chi connectivity index (χ1n) is 5.32. The molecular formula is C12H11ClN2O2. The van der Waals surface area contributed by atoms with E-state index in [4.69, 9.17) is 16.3 Å². The Kier molecular flexibility index (Phi) is 2.34. The van der Waals surface area contributed by atoms with Gasteiger partial charge in [0.05, 0.1) is 17.6 Å². The molecule has 1 aromatic carbocycles. The molecule has 0 amide bonds. The summed E-state index contributed by atoms with van der Waals surface area (Å²) in [6.45, 7) is 1.33. The van der Waals surface area contributed by atoms with Crippen molar-refractivity contribution in [3.05, 3.63) is 38.6 Å². The van der Waals surface area contributed by atoms with E-state index in [0.717, 1.165) is 22.0 Å². The maximum absolute atomic E-state index is 11.8. The van der Waals surface area contributed by atoms with E-state index in [2.05, 4.69) is 10.3 Å². The molecule has 1 aromatic heterocycles. The van der Waals surface area contributed by atoms with Crippen LogP contribution in [0.15, 0.2) is 16.9 Å². The number of pyridine rings is 1. The summed E-state index contributed by atoms with van der Waals surface area (Å²) in [6, 6.07) is 3.61. The van der Waals surface area contributed by atoms with Crippen molar-refractivity contribution in [3.63, 3.8) is 0 Å². The van der Waals surface area contributed by atoms with Crippen molar-refractivity contribution in [2.45, 2.75) is 13.1 Å². The van der Waals surface area contributed by atoms with Crippen molar-refractivity contribution in [1.82, 2.24) is 10.3 Å². The van der Waals surface area contributed by atoms with Crippen LogP contribution in [-0.2, 0) is 13.1 Å². The van der Waals surface area contributed by atoms with E-state index < -0.39 is 0 Å². The molecule has 4 nitrogen and oxygen atoms in total. The first kappa shape index (κ1) is 10.6. The standard InChI is InChI=1S/C12H11ClN2O2/c1-17-11-2-6-7-4-14-5-8(7)12(16)15-10(6)3-9(11)13/h2-3,14H,4-5H2,1H3,(H,15,16). The van der Waals surface area contributed by atoms with Crippen LogP contribution >= 0.6 is 11.6 Å². The van der Waals surface area contributed by atoms with Gasteiger partial charge in [-0.25, -0.2) is 0 Å². The first-order valence-corrected chi connectivity index (χ1v) is 5.70. The van der Waals surface area contributed by atoms with Gasteiger partial charge in [0.25, 0.3) is 5.56 Å². The molecule has 0 atom stereocenters. The third-order valence-electron chi connectivity index (χ3n) is 3.11. The van der Waals surface area contributed by atoms with E-state index in [0.29, 0.717) is 23.9 Å². The predicted molar refractivity (Wildman–Crippen MR) is 66.7 cm³/mol. The summed E-state index contributed by atoms with van der Waals surface area (Å²) in [5.74, 6) is 0.625. The van der Waals surface area contributed by atoms with Crippen LogP contribution in [0.2, 0.25) is 5.02 Å². The van der Waals surface area contributed by atoms with Crippen LogP contribution in [0.3, 0.4) is 0 Å². The fourth-order valence-electron chi connectivity index (χ4n) is 2.26. The summed E-state index contributed by atoms with van der Waals surface area (Å²) >= 11 is 6.04. The van der Waals surface area contributed by atoms with Crippen molar-refractivity contribution in [2.75, 3.05) is 7.11 Å². The number of hydrogen-bond acceptors (Lipinski definition) is 3. The Bertz CT molecular complexity index is 664. The van der Waals surface area contributed by atoms with Gasteiger partial charge >= 0.3 is 0 Å². The van der Waals surface area contributed by atoms with Crippen LogP contribution in [0.1, 0.15) is 11.1 Å². The van der Waals surface area contributed by atoms with Crippen LogP contribution in [0.25, 0.3) is 10.9 Å². The molecule has 2 aromatic rings. The SMILES string of the molecule is COc1cc2c3c(c(=O)[nH]c2cc1Cl)CNC3. The number of rotatable bonds is 1. The summed E-state index contributed by atoms with van der Waals surface area (Å²) in [5.41, 5.74) is 2.56. The number of fused-ring (bicyclic) bond motifs is 3. The molecule has 3 rings (SSSR count). The third kappa shape index (κ3) is 1.52. The second-order valence-electron chi connectivity index (χ2n) is 4.05. The Balaban J connectivity index is 2.42. The van der Waals surface area contributed by atoms with Crippen molar-refractivity contribution < 1.29 is 4.74 Å². The normalized spacial score (nSPS) is 14.0. The Hall–Kier alpha value is -1.52. The molecule has 2 heterocycles.